The first-order valence-electron chi connectivity index (χ1n) is 4.82. The Balaban J connectivity index is 3.66. The van der Waals surface area contributed by atoms with Gasteiger partial charge in [0.15, 0.2) is 7.37 Å². The van der Waals surface area contributed by atoms with Gasteiger partial charge in [0, 0.05) is 27.1 Å². The van der Waals surface area contributed by atoms with E-state index >= 15 is 0 Å². The third kappa shape index (κ3) is 10.8. The van der Waals surface area contributed by atoms with Crippen LogP contribution in [0, 0.1) is 0 Å². The average Bonchev–Trinajstić information content (AvgIpc) is 2.11. The van der Waals surface area contributed by atoms with Gasteiger partial charge in [-0.05, 0) is 0 Å². The van der Waals surface area contributed by atoms with E-state index in [0.29, 0.717) is 6.61 Å². The van der Waals surface area contributed by atoms with Crippen molar-refractivity contribution in [1.29, 1.82) is 0 Å². The van der Waals surface area contributed by atoms with Crippen molar-refractivity contribution in [2.75, 3.05) is 53.5 Å². The predicted molar refractivity (Wildman–Crippen MR) is 62.7 cm³/mol. The van der Waals surface area contributed by atoms with Crippen molar-refractivity contribution in [3.8, 4) is 0 Å². The smallest absolute Gasteiger partial charge is 0.327 e. The summed E-state index contributed by atoms with van der Waals surface area (Å²) in [6.45, 7) is 5.19. The highest BCUT2D eigenvalue weighted by molar-refractivity contribution is 7.57. The SMILES string of the molecule is COCCOP(C)(=O)OCCOP(C)(C)=O. The standard InChI is InChI=1S/C8H20O6P2/c1-11-5-6-13-16(4,10)14-8-7-12-15(2,3)9/h5-8H2,1-4H3. The fraction of sp³-hybridized carbons (Fsp3) is 1.00. The van der Waals surface area contributed by atoms with Crippen LogP contribution in [0.2, 0.25) is 0 Å². The number of methoxy groups -OCH3 is 1. The van der Waals surface area contributed by atoms with Crippen LogP contribution >= 0.6 is 15.0 Å². The average molecular weight is 274 g/mol. The summed E-state index contributed by atoms with van der Waals surface area (Å²) >= 11 is 0. The molecular weight excluding hydrogens is 254 g/mol. The quantitative estimate of drug-likeness (QED) is 0.473. The highest BCUT2D eigenvalue weighted by atomic mass is 31.2. The third-order valence-electron chi connectivity index (χ3n) is 1.42. The molecule has 0 aliphatic heterocycles. The zero-order valence-corrected chi connectivity index (χ0v) is 12.0. The summed E-state index contributed by atoms with van der Waals surface area (Å²) in [6.07, 6.45) is 0. The molecule has 16 heavy (non-hydrogen) atoms. The molecule has 0 saturated heterocycles. The van der Waals surface area contributed by atoms with Crippen LogP contribution in [0.1, 0.15) is 0 Å². The summed E-state index contributed by atoms with van der Waals surface area (Å²) in [5, 5.41) is 0. The minimum absolute atomic E-state index is 0.0897. The maximum absolute atomic E-state index is 11.6. The molecule has 6 nitrogen and oxygen atoms in total. The number of hydrogen-bond acceptors (Lipinski definition) is 6. The van der Waals surface area contributed by atoms with Gasteiger partial charge in [-0.3, -0.25) is 9.13 Å². The third-order valence-corrected chi connectivity index (χ3v) is 3.53. The molecule has 1 atom stereocenters. The van der Waals surface area contributed by atoms with Crippen LogP contribution in [0.3, 0.4) is 0 Å². The van der Waals surface area contributed by atoms with E-state index in [9.17, 15) is 9.13 Å². The topological polar surface area (TPSA) is 71.1 Å². The fourth-order valence-corrected chi connectivity index (χ4v) is 2.19. The molecule has 98 valence electrons. The van der Waals surface area contributed by atoms with E-state index in [-0.39, 0.29) is 19.8 Å². The molecule has 1 unspecified atom stereocenters. The lowest BCUT2D eigenvalue weighted by atomic mass is 10.8. The van der Waals surface area contributed by atoms with E-state index < -0.39 is 15.0 Å². The summed E-state index contributed by atoms with van der Waals surface area (Å²) in [4.78, 5) is 0. The molecule has 0 spiro atoms. The first-order chi connectivity index (χ1) is 7.27. The molecule has 0 bridgehead atoms. The van der Waals surface area contributed by atoms with Gasteiger partial charge < -0.3 is 18.3 Å². The fourth-order valence-electron chi connectivity index (χ4n) is 0.784. The van der Waals surface area contributed by atoms with Crippen molar-refractivity contribution in [1.82, 2.24) is 0 Å². The number of rotatable bonds is 9. The first kappa shape index (κ1) is 16.3. The molecule has 0 N–H and O–H groups in total. The highest BCUT2D eigenvalue weighted by Crippen LogP contribution is 2.44. The van der Waals surface area contributed by atoms with Gasteiger partial charge in [0.05, 0.1) is 26.4 Å². The van der Waals surface area contributed by atoms with Crippen LogP contribution in [-0.4, -0.2) is 53.5 Å². The second kappa shape index (κ2) is 7.59. The Morgan fingerprint density at radius 1 is 0.812 bits per heavy atom. The molecule has 8 heteroatoms. The van der Waals surface area contributed by atoms with Gasteiger partial charge in [-0.25, -0.2) is 0 Å². The normalized spacial score (nSPS) is 16.0. The van der Waals surface area contributed by atoms with Crippen molar-refractivity contribution in [2.45, 2.75) is 0 Å². The molecule has 0 saturated carbocycles. The Bertz CT molecular complexity index is 274. The Labute approximate surface area is 96.6 Å². The van der Waals surface area contributed by atoms with Crippen LogP contribution in [0.5, 0.6) is 0 Å². The van der Waals surface area contributed by atoms with Gasteiger partial charge in [0.25, 0.3) is 0 Å². The molecule has 0 amide bonds. The molecular formula is C8H20O6P2. The van der Waals surface area contributed by atoms with Gasteiger partial charge in [-0.1, -0.05) is 0 Å². The molecule has 0 aromatic carbocycles. The number of ether oxygens (including phenoxy) is 1. The molecule has 0 radical (unpaired) electrons. The van der Waals surface area contributed by atoms with Gasteiger partial charge in [-0.15, -0.1) is 0 Å². The van der Waals surface area contributed by atoms with E-state index in [1.807, 2.05) is 0 Å². The summed E-state index contributed by atoms with van der Waals surface area (Å²) in [5.74, 6) is 0. The Morgan fingerprint density at radius 3 is 1.69 bits per heavy atom. The molecule has 0 fully saturated rings. The van der Waals surface area contributed by atoms with Crippen LogP contribution in [0.4, 0.5) is 0 Å². The van der Waals surface area contributed by atoms with Gasteiger partial charge in [-0.2, -0.15) is 0 Å². The molecule has 0 heterocycles. The van der Waals surface area contributed by atoms with Crippen molar-refractivity contribution in [3.63, 3.8) is 0 Å². The van der Waals surface area contributed by atoms with Crippen LogP contribution in [0.15, 0.2) is 0 Å². The van der Waals surface area contributed by atoms with Crippen molar-refractivity contribution < 1.29 is 27.4 Å². The lowest BCUT2D eigenvalue weighted by Crippen LogP contribution is -2.05. The van der Waals surface area contributed by atoms with Crippen molar-refractivity contribution in [2.24, 2.45) is 0 Å². The van der Waals surface area contributed by atoms with E-state index in [0.717, 1.165) is 0 Å². The largest absolute Gasteiger partial charge is 0.382 e. The molecule has 0 aliphatic rings. The lowest BCUT2D eigenvalue weighted by molar-refractivity contribution is 0.123. The maximum atomic E-state index is 11.6. The van der Waals surface area contributed by atoms with E-state index in [1.165, 1.54) is 27.1 Å². The predicted octanol–water partition coefficient (Wildman–Crippen LogP) is 2.04. The van der Waals surface area contributed by atoms with Gasteiger partial charge >= 0.3 is 7.60 Å². The zero-order valence-electron chi connectivity index (χ0n) is 10.2. The Morgan fingerprint density at radius 2 is 1.25 bits per heavy atom. The Hall–Kier alpha value is 0.300. The van der Waals surface area contributed by atoms with Crippen molar-refractivity contribution >= 4 is 15.0 Å². The number of hydrogen-bond donors (Lipinski definition) is 0. The minimum atomic E-state index is -3.05. The molecule has 0 rings (SSSR count). The summed E-state index contributed by atoms with van der Waals surface area (Å²) in [5.41, 5.74) is 0. The zero-order chi connectivity index (χ0) is 12.7. The van der Waals surface area contributed by atoms with E-state index in [4.69, 9.17) is 18.3 Å². The van der Waals surface area contributed by atoms with Gasteiger partial charge in [0.2, 0.25) is 0 Å². The van der Waals surface area contributed by atoms with E-state index in [2.05, 4.69) is 0 Å². The second-order valence-electron chi connectivity index (χ2n) is 3.52. The van der Waals surface area contributed by atoms with Crippen molar-refractivity contribution in [3.05, 3.63) is 0 Å². The lowest BCUT2D eigenvalue weighted by Gasteiger charge is -2.14. The minimum Gasteiger partial charge on any atom is -0.382 e. The monoisotopic (exact) mass is 274 g/mol. The Kier molecular flexibility index (Phi) is 7.73. The van der Waals surface area contributed by atoms with Crippen LogP contribution < -0.4 is 0 Å². The highest BCUT2D eigenvalue weighted by Gasteiger charge is 2.17. The summed E-state index contributed by atoms with van der Waals surface area (Å²) in [6, 6.07) is 0. The summed E-state index contributed by atoms with van der Waals surface area (Å²) in [7, 11) is -4.03. The molecule has 0 aromatic rings. The maximum Gasteiger partial charge on any atom is 0.327 e. The first-order valence-corrected chi connectivity index (χ1v) is 9.33. The molecule has 0 aliphatic carbocycles. The second-order valence-corrected chi connectivity index (χ2v) is 8.34. The van der Waals surface area contributed by atoms with Gasteiger partial charge in [0.1, 0.15) is 0 Å². The van der Waals surface area contributed by atoms with Crippen LogP contribution in [0.25, 0.3) is 0 Å². The molecule has 0 aromatic heterocycles. The van der Waals surface area contributed by atoms with E-state index in [1.54, 1.807) is 0 Å². The van der Waals surface area contributed by atoms with Crippen LogP contribution in [-0.2, 0) is 27.4 Å². The summed E-state index contributed by atoms with van der Waals surface area (Å²) < 4.78 is 42.5.